The summed E-state index contributed by atoms with van der Waals surface area (Å²) in [6.45, 7) is 0. The van der Waals surface area contributed by atoms with Crippen LogP contribution in [0.2, 0.25) is 0 Å². The van der Waals surface area contributed by atoms with Crippen molar-refractivity contribution in [3.8, 4) is 0 Å². The smallest absolute Gasteiger partial charge is 0.225 e. The molecular weight excluding hydrogens is 244 g/mol. The highest BCUT2D eigenvalue weighted by Crippen LogP contribution is 2.32. The first kappa shape index (κ1) is 9.65. The largest absolute Gasteiger partial charge is 0.311 e. The zero-order valence-corrected chi connectivity index (χ0v) is 9.25. The first-order valence-corrected chi connectivity index (χ1v) is 5.45. The SMILES string of the molecule is O=C(CC1CC1)Nc1cc(Br)ccn1. The summed E-state index contributed by atoms with van der Waals surface area (Å²) in [5.41, 5.74) is 0. The fraction of sp³-hybridized carbons (Fsp3) is 0.400. The number of pyridine rings is 1. The number of amides is 1. The Morgan fingerprint density at radius 1 is 1.64 bits per heavy atom. The monoisotopic (exact) mass is 254 g/mol. The third-order valence-corrected chi connectivity index (χ3v) is 2.65. The van der Waals surface area contributed by atoms with E-state index in [1.165, 1.54) is 12.8 Å². The summed E-state index contributed by atoms with van der Waals surface area (Å²) in [6, 6.07) is 3.63. The number of anilines is 1. The van der Waals surface area contributed by atoms with Crippen molar-refractivity contribution in [2.24, 2.45) is 5.92 Å². The topological polar surface area (TPSA) is 42.0 Å². The van der Waals surface area contributed by atoms with Gasteiger partial charge in [-0.3, -0.25) is 4.79 Å². The number of nitrogens with one attached hydrogen (secondary N) is 1. The van der Waals surface area contributed by atoms with Gasteiger partial charge >= 0.3 is 0 Å². The highest BCUT2D eigenvalue weighted by Gasteiger charge is 2.24. The van der Waals surface area contributed by atoms with Crippen molar-refractivity contribution in [3.63, 3.8) is 0 Å². The standard InChI is InChI=1S/C10H11BrN2O/c11-8-3-4-12-9(6-8)13-10(14)5-7-1-2-7/h3-4,6-7H,1-2,5H2,(H,12,13,14). The summed E-state index contributed by atoms with van der Waals surface area (Å²) >= 11 is 3.32. The fourth-order valence-corrected chi connectivity index (χ4v) is 1.59. The number of rotatable bonds is 3. The number of carbonyl (C=O) groups is 1. The minimum Gasteiger partial charge on any atom is -0.311 e. The second kappa shape index (κ2) is 4.09. The maximum atomic E-state index is 11.4. The van der Waals surface area contributed by atoms with Gasteiger partial charge in [0.1, 0.15) is 5.82 Å². The minimum atomic E-state index is 0.0677. The predicted octanol–water partition coefficient (Wildman–Crippen LogP) is 2.58. The highest BCUT2D eigenvalue weighted by molar-refractivity contribution is 9.10. The van der Waals surface area contributed by atoms with Crippen molar-refractivity contribution in [1.82, 2.24) is 4.98 Å². The van der Waals surface area contributed by atoms with E-state index in [9.17, 15) is 4.79 Å². The molecule has 1 fully saturated rings. The van der Waals surface area contributed by atoms with E-state index in [1.807, 2.05) is 6.07 Å². The molecule has 1 aliphatic rings. The highest BCUT2D eigenvalue weighted by atomic mass is 79.9. The van der Waals surface area contributed by atoms with Gasteiger partial charge < -0.3 is 5.32 Å². The summed E-state index contributed by atoms with van der Waals surface area (Å²) in [5, 5.41) is 2.77. The summed E-state index contributed by atoms with van der Waals surface area (Å²) in [6.07, 6.45) is 4.68. The number of hydrogen-bond donors (Lipinski definition) is 1. The predicted molar refractivity (Wildman–Crippen MR) is 57.9 cm³/mol. The molecule has 1 aliphatic carbocycles. The summed E-state index contributed by atoms with van der Waals surface area (Å²) < 4.78 is 0.925. The lowest BCUT2D eigenvalue weighted by atomic mass is 10.3. The molecule has 0 aromatic carbocycles. The molecule has 74 valence electrons. The van der Waals surface area contributed by atoms with Crippen molar-refractivity contribution in [2.75, 3.05) is 5.32 Å². The molecule has 0 aliphatic heterocycles. The van der Waals surface area contributed by atoms with E-state index in [-0.39, 0.29) is 5.91 Å². The van der Waals surface area contributed by atoms with Crippen LogP contribution in [0.25, 0.3) is 0 Å². The van der Waals surface area contributed by atoms with Gasteiger partial charge in [-0.05, 0) is 30.9 Å². The maximum Gasteiger partial charge on any atom is 0.225 e. The van der Waals surface area contributed by atoms with Gasteiger partial charge in [0.25, 0.3) is 0 Å². The van der Waals surface area contributed by atoms with Crippen LogP contribution in [-0.4, -0.2) is 10.9 Å². The Bertz CT molecular complexity index is 350. The zero-order chi connectivity index (χ0) is 9.97. The van der Waals surface area contributed by atoms with E-state index >= 15 is 0 Å². The van der Waals surface area contributed by atoms with Crippen molar-refractivity contribution >= 4 is 27.7 Å². The number of aromatic nitrogens is 1. The molecule has 0 unspecified atom stereocenters. The normalized spacial score (nSPS) is 15.2. The molecule has 3 nitrogen and oxygen atoms in total. The number of halogens is 1. The molecule has 0 spiro atoms. The molecule has 0 radical (unpaired) electrons. The minimum absolute atomic E-state index is 0.0677. The molecule has 0 bridgehead atoms. The molecule has 1 aromatic heterocycles. The van der Waals surface area contributed by atoms with Crippen molar-refractivity contribution in [2.45, 2.75) is 19.3 Å². The molecule has 1 heterocycles. The van der Waals surface area contributed by atoms with E-state index < -0.39 is 0 Å². The number of nitrogens with zero attached hydrogens (tertiary/aromatic N) is 1. The Labute approximate surface area is 91.0 Å². The van der Waals surface area contributed by atoms with Gasteiger partial charge in [-0.2, -0.15) is 0 Å². The van der Waals surface area contributed by atoms with E-state index in [2.05, 4.69) is 26.2 Å². The Kier molecular flexibility index (Phi) is 2.82. The first-order valence-electron chi connectivity index (χ1n) is 4.65. The van der Waals surface area contributed by atoms with Crippen LogP contribution in [0.3, 0.4) is 0 Å². The third-order valence-electron chi connectivity index (χ3n) is 2.16. The lowest BCUT2D eigenvalue weighted by Crippen LogP contribution is -2.12. The maximum absolute atomic E-state index is 11.4. The molecule has 14 heavy (non-hydrogen) atoms. The van der Waals surface area contributed by atoms with Crippen LogP contribution >= 0.6 is 15.9 Å². The van der Waals surface area contributed by atoms with E-state index in [0.29, 0.717) is 18.2 Å². The van der Waals surface area contributed by atoms with Gasteiger partial charge in [-0.25, -0.2) is 4.98 Å². The fourth-order valence-electron chi connectivity index (χ4n) is 1.25. The number of hydrogen-bond acceptors (Lipinski definition) is 2. The average Bonchev–Trinajstić information content (AvgIpc) is 2.87. The average molecular weight is 255 g/mol. The van der Waals surface area contributed by atoms with Crippen molar-refractivity contribution in [3.05, 3.63) is 22.8 Å². The molecule has 0 saturated heterocycles. The molecule has 1 amide bonds. The van der Waals surface area contributed by atoms with E-state index in [0.717, 1.165) is 4.47 Å². The van der Waals surface area contributed by atoms with Crippen LogP contribution in [0.1, 0.15) is 19.3 Å². The summed E-state index contributed by atoms with van der Waals surface area (Å²) in [4.78, 5) is 15.5. The Hall–Kier alpha value is -0.900. The quantitative estimate of drug-likeness (QED) is 0.901. The van der Waals surface area contributed by atoms with Gasteiger partial charge in [0.15, 0.2) is 0 Å². The van der Waals surface area contributed by atoms with E-state index in [4.69, 9.17) is 0 Å². The molecule has 1 N–H and O–H groups in total. The molecule has 4 heteroatoms. The van der Waals surface area contributed by atoms with E-state index in [1.54, 1.807) is 12.3 Å². The molecule has 1 saturated carbocycles. The van der Waals surface area contributed by atoms with Crippen LogP contribution in [0, 0.1) is 5.92 Å². The molecule has 2 rings (SSSR count). The van der Waals surface area contributed by atoms with Gasteiger partial charge in [0.2, 0.25) is 5.91 Å². The molecule has 0 atom stereocenters. The van der Waals surface area contributed by atoms with Crippen LogP contribution in [0.15, 0.2) is 22.8 Å². The van der Waals surface area contributed by atoms with Crippen LogP contribution in [0.5, 0.6) is 0 Å². The van der Waals surface area contributed by atoms with Crippen LogP contribution in [0.4, 0.5) is 5.82 Å². The Morgan fingerprint density at radius 3 is 3.07 bits per heavy atom. The molecule has 1 aromatic rings. The first-order chi connectivity index (χ1) is 6.74. The number of carbonyl (C=O) groups excluding carboxylic acids is 1. The Morgan fingerprint density at radius 2 is 2.43 bits per heavy atom. The lowest BCUT2D eigenvalue weighted by molar-refractivity contribution is -0.116. The third kappa shape index (κ3) is 2.80. The molecular formula is C10H11BrN2O. The van der Waals surface area contributed by atoms with Crippen molar-refractivity contribution in [1.29, 1.82) is 0 Å². The summed E-state index contributed by atoms with van der Waals surface area (Å²) in [5.74, 6) is 1.30. The van der Waals surface area contributed by atoms with Crippen LogP contribution < -0.4 is 5.32 Å². The van der Waals surface area contributed by atoms with Crippen LogP contribution in [-0.2, 0) is 4.79 Å². The van der Waals surface area contributed by atoms with Gasteiger partial charge in [0.05, 0.1) is 0 Å². The van der Waals surface area contributed by atoms with Gasteiger partial charge in [-0.1, -0.05) is 15.9 Å². The lowest BCUT2D eigenvalue weighted by Gasteiger charge is -2.03. The van der Waals surface area contributed by atoms with Gasteiger partial charge in [0, 0.05) is 17.1 Å². The second-order valence-electron chi connectivity index (χ2n) is 3.55. The Balaban J connectivity index is 1.92. The zero-order valence-electron chi connectivity index (χ0n) is 7.66. The second-order valence-corrected chi connectivity index (χ2v) is 4.47. The van der Waals surface area contributed by atoms with Gasteiger partial charge in [-0.15, -0.1) is 0 Å². The van der Waals surface area contributed by atoms with Crippen molar-refractivity contribution < 1.29 is 4.79 Å². The summed E-state index contributed by atoms with van der Waals surface area (Å²) in [7, 11) is 0.